The van der Waals surface area contributed by atoms with Crippen LogP contribution in [0.1, 0.15) is 33.2 Å². The Labute approximate surface area is 190 Å². The number of hydrogen-bond acceptors (Lipinski definition) is 5. The molecule has 1 heterocycles. The molecule has 8 nitrogen and oxygen atoms in total. The van der Waals surface area contributed by atoms with Crippen molar-refractivity contribution in [1.29, 1.82) is 5.41 Å². The Balaban J connectivity index is 1.84. The maximum absolute atomic E-state index is 12.8. The molecule has 1 aromatic heterocycles. The second kappa shape index (κ2) is 9.49. The number of aromatic hydroxyl groups is 1. The number of pyridine rings is 1. The Morgan fingerprint density at radius 1 is 1.06 bits per heavy atom. The van der Waals surface area contributed by atoms with Gasteiger partial charge in [-0.05, 0) is 61.9 Å². The SMILES string of the molecule is CC(=N)N(C)c1ccc(C(=O)Nc2cc(O)c(C)cc2C(=O)Nc2ccc(Cl)cn2)cc1. The van der Waals surface area contributed by atoms with Crippen molar-refractivity contribution >= 4 is 46.4 Å². The van der Waals surface area contributed by atoms with Crippen LogP contribution in [-0.2, 0) is 0 Å². The first-order chi connectivity index (χ1) is 15.2. The zero-order valence-electron chi connectivity index (χ0n) is 17.7. The first kappa shape index (κ1) is 22.8. The lowest BCUT2D eigenvalue weighted by molar-refractivity contribution is 0.102. The number of hydrogen-bond donors (Lipinski definition) is 4. The van der Waals surface area contributed by atoms with Crippen molar-refractivity contribution in [3.63, 3.8) is 0 Å². The number of phenolic OH excluding ortho intramolecular Hbond substituents is 1. The fourth-order valence-corrected chi connectivity index (χ4v) is 2.96. The predicted molar refractivity (Wildman–Crippen MR) is 126 cm³/mol. The van der Waals surface area contributed by atoms with Crippen LogP contribution in [-0.4, -0.2) is 34.8 Å². The Hall–Kier alpha value is -3.91. The van der Waals surface area contributed by atoms with E-state index in [1.807, 2.05) is 0 Å². The minimum Gasteiger partial charge on any atom is -0.508 e. The first-order valence-corrected chi connectivity index (χ1v) is 10.0. The number of phenols is 1. The van der Waals surface area contributed by atoms with Gasteiger partial charge in [-0.1, -0.05) is 11.6 Å². The van der Waals surface area contributed by atoms with E-state index < -0.39 is 11.8 Å². The molecule has 0 unspecified atom stereocenters. The highest BCUT2D eigenvalue weighted by molar-refractivity contribution is 6.30. The number of carbonyl (C=O) groups excluding carboxylic acids is 2. The van der Waals surface area contributed by atoms with E-state index in [0.717, 1.165) is 5.69 Å². The normalized spacial score (nSPS) is 10.4. The lowest BCUT2D eigenvalue weighted by Gasteiger charge is -2.17. The fraction of sp³-hybridized carbons (Fsp3) is 0.130. The van der Waals surface area contributed by atoms with Gasteiger partial charge in [-0.3, -0.25) is 15.0 Å². The highest BCUT2D eigenvalue weighted by atomic mass is 35.5. The molecule has 0 bridgehead atoms. The molecule has 2 aromatic carbocycles. The molecule has 164 valence electrons. The van der Waals surface area contributed by atoms with E-state index in [-0.39, 0.29) is 17.0 Å². The van der Waals surface area contributed by atoms with Gasteiger partial charge in [0.25, 0.3) is 11.8 Å². The third-order valence-electron chi connectivity index (χ3n) is 4.82. The summed E-state index contributed by atoms with van der Waals surface area (Å²) in [5.41, 5.74) is 1.92. The number of aryl methyl sites for hydroxylation is 1. The number of anilines is 3. The van der Waals surface area contributed by atoms with Crippen LogP contribution in [0, 0.1) is 12.3 Å². The third-order valence-corrected chi connectivity index (χ3v) is 5.04. The van der Waals surface area contributed by atoms with Gasteiger partial charge in [0.15, 0.2) is 0 Å². The summed E-state index contributed by atoms with van der Waals surface area (Å²) < 4.78 is 0. The Bertz CT molecular complexity index is 1180. The molecule has 2 amide bonds. The van der Waals surface area contributed by atoms with Gasteiger partial charge in [-0.15, -0.1) is 0 Å². The molecule has 0 saturated heterocycles. The molecular formula is C23H22ClN5O3. The van der Waals surface area contributed by atoms with Gasteiger partial charge in [0.2, 0.25) is 0 Å². The Morgan fingerprint density at radius 2 is 1.75 bits per heavy atom. The van der Waals surface area contributed by atoms with E-state index >= 15 is 0 Å². The maximum Gasteiger partial charge on any atom is 0.258 e. The van der Waals surface area contributed by atoms with Gasteiger partial charge >= 0.3 is 0 Å². The molecule has 0 aliphatic rings. The number of nitrogens with zero attached hydrogens (tertiary/aromatic N) is 2. The van der Waals surface area contributed by atoms with E-state index in [4.69, 9.17) is 17.0 Å². The quantitative estimate of drug-likeness (QED) is 0.331. The molecule has 0 aliphatic carbocycles. The topological polar surface area (TPSA) is 118 Å². The smallest absolute Gasteiger partial charge is 0.258 e. The molecule has 32 heavy (non-hydrogen) atoms. The lowest BCUT2D eigenvalue weighted by atomic mass is 10.1. The van der Waals surface area contributed by atoms with Crippen LogP contribution < -0.4 is 15.5 Å². The monoisotopic (exact) mass is 451 g/mol. The molecule has 3 aromatic rings. The molecule has 0 saturated carbocycles. The number of amidine groups is 1. The summed E-state index contributed by atoms with van der Waals surface area (Å²) in [6.07, 6.45) is 1.41. The minimum atomic E-state index is -0.503. The van der Waals surface area contributed by atoms with Crippen molar-refractivity contribution in [2.75, 3.05) is 22.6 Å². The molecular weight excluding hydrogens is 430 g/mol. The predicted octanol–water partition coefficient (Wildman–Crippen LogP) is 4.69. The van der Waals surface area contributed by atoms with Crippen LogP contribution in [0.15, 0.2) is 54.7 Å². The molecule has 0 radical (unpaired) electrons. The zero-order chi connectivity index (χ0) is 23.4. The maximum atomic E-state index is 12.8. The van der Waals surface area contributed by atoms with E-state index in [2.05, 4.69) is 15.6 Å². The van der Waals surface area contributed by atoms with Gasteiger partial charge in [0, 0.05) is 30.6 Å². The van der Waals surface area contributed by atoms with Crippen LogP contribution in [0.3, 0.4) is 0 Å². The fourth-order valence-electron chi connectivity index (χ4n) is 2.85. The second-order valence-electron chi connectivity index (χ2n) is 7.15. The van der Waals surface area contributed by atoms with E-state index in [1.165, 1.54) is 18.3 Å². The summed E-state index contributed by atoms with van der Waals surface area (Å²) in [5, 5.41) is 23.6. The van der Waals surface area contributed by atoms with Crippen LogP contribution >= 0.6 is 11.6 Å². The number of nitrogens with one attached hydrogen (secondary N) is 3. The van der Waals surface area contributed by atoms with Crippen LogP contribution in [0.4, 0.5) is 17.2 Å². The molecule has 0 spiro atoms. The summed E-state index contributed by atoms with van der Waals surface area (Å²) in [7, 11) is 1.76. The number of benzene rings is 2. The number of halogens is 1. The summed E-state index contributed by atoms with van der Waals surface area (Å²) in [5.74, 6) is -0.351. The molecule has 0 fully saturated rings. The van der Waals surface area contributed by atoms with Crippen molar-refractivity contribution in [3.05, 3.63) is 76.4 Å². The van der Waals surface area contributed by atoms with Crippen LogP contribution in [0.5, 0.6) is 5.75 Å². The summed E-state index contributed by atoms with van der Waals surface area (Å²) in [6.45, 7) is 3.31. The number of rotatable bonds is 5. The van der Waals surface area contributed by atoms with Gasteiger partial charge in [0.1, 0.15) is 11.6 Å². The Morgan fingerprint density at radius 3 is 2.34 bits per heavy atom. The van der Waals surface area contributed by atoms with E-state index in [1.54, 1.807) is 62.2 Å². The lowest BCUT2D eigenvalue weighted by Crippen LogP contribution is -2.22. The minimum absolute atomic E-state index is 0.0556. The highest BCUT2D eigenvalue weighted by Gasteiger charge is 2.18. The molecule has 4 N–H and O–H groups in total. The van der Waals surface area contributed by atoms with Gasteiger partial charge in [-0.25, -0.2) is 4.98 Å². The summed E-state index contributed by atoms with van der Waals surface area (Å²) >= 11 is 5.82. The number of aromatic nitrogens is 1. The number of amides is 2. The zero-order valence-corrected chi connectivity index (χ0v) is 18.5. The average Bonchev–Trinajstić information content (AvgIpc) is 2.77. The van der Waals surface area contributed by atoms with Crippen molar-refractivity contribution in [2.24, 2.45) is 0 Å². The van der Waals surface area contributed by atoms with Crippen LogP contribution in [0.25, 0.3) is 0 Å². The third kappa shape index (κ3) is 5.22. The van der Waals surface area contributed by atoms with E-state index in [9.17, 15) is 14.7 Å². The van der Waals surface area contributed by atoms with E-state index in [0.29, 0.717) is 27.8 Å². The van der Waals surface area contributed by atoms with Crippen molar-refractivity contribution in [3.8, 4) is 5.75 Å². The van der Waals surface area contributed by atoms with Gasteiger partial charge in [-0.2, -0.15) is 0 Å². The number of carbonyl (C=O) groups is 2. The van der Waals surface area contributed by atoms with Crippen LogP contribution in [0.2, 0.25) is 5.02 Å². The molecule has 3 rings (SSSR count). The molecule has 0 aliphatic heterocycles. The van der Waals surface area contributed by atoms with Gasteiger partial charge < -0.3 is 20.6 Å². The second-order valence-corrected chi connectivity index (χ2v) is 7.58. The Kier molecular flexibility index (Phi) is 6.75. The van der Waals surface area contributed by atoms with Crippen molar-refractivity contribution in [2.45, 2.75) is 13.8 Å². The first-order valence-electron chi connectivity index (χ1n) is 9.62. The molecule has 0 atom stereocenters. The summed E-state index contributed by atoms with van der Waals surface area (Å²) in [4.78, 5) is 31.3. The van der Waals surface area contributed by atoms with Crippen molar-refractivity contribution < 1.29 is 14.7 Å². The van der Waals surface area contributed by atoms with Crippen molar-refractivity contribution in [1.82, 2.24) is 4.98 Å². The van der Waals surface area contributed by atoms with Gasteiger partial charge in [0.05, 0.1) is 22.1 Å². The average molecular weight is 452 g/mol. The standard InChI is InChI=1S/C23H22ClN5O3/c1-13-10-18(23(32)28-21-9-6-16(24)12-26-21)19(11-20(13)30)27-22(31)15-4-7-17(8-5-15)29(3)14(2)25/h4-12,25,30H,1-3H3,(H,27,31)(H,26,28,32). The highest BCUT2D eigenvalue weighted by Crippen LogP contribution is 2.27. The largest absolute Gasteiger partial charge is 0.508 e. The molecule has 9 heteroatoms. The summed E-state index contributed by atoms with van der Waals surface area (Å²) in [6, 6.07) is 12.7.